The molecule has 0 aromatic heterocycles. The standard InChI is InChI=1S/C5H6N2O/c6-5(8)4-1-2-7-3-4/h2-3H,1H2,(H2,6,8). The van der Waals surface area contributed by atoms with Gasteiger partial charge in [0.25, 0.3) is 0 Å². The Balaban J connectivity index is 2.64. The van der Waals surface area contributed by atoms with Crippen LogP contribution in [0.5, 0.6) is 0 Å². The minimum atomic E-state index is -0.373. The van der Waals surface area contributed by atoms with Gasteiger partial charge in [0.15, 0.2) is 0 Å². The molecular formula is C5H6N2O. The normalized spacial score (nSPS) is 16.2. The number of hydrogen-bond donors (Lipinski definition) is 1. The molecule has 0 saturated heterocycles. The molecule has 3 nitrogen and oxygen atoms in total. The molecule has 42 valence electrons. The highest BCUT2D eigenvalue weighted by Gasteiger charge is 2.04. The number of rotatable bonds is 1. The molecule has 0 bridgehead atoms. The summed E-state index contributed by atoms with van der Waals surface area (Å²) in [7, 11) is 0. The second-order valence-corrected chi connectivity index (χ2v) is 1.55. The zero-order valence-corrected chi connectivity index (χ0v) is 4.29. The van der Waals surface area contributed by atoms with E-state index >= 15 is 0 Å². The summed E-state index contributed by atoms with van der Waals surface area (Å²) in [6.07, 6.45) is 3.73. The molecule has 0 aromatic rings. The number of nitrogens with two attached hydrogens (primary N) is 1. The van der Waals surface area contributed by atoms with Gasteiger partial charge in [0.1, 0.15) is 0 Å². The molecular weight excluding hydrogens is 104 g/mol. The SMILES string of the molecule is NC(=O)C1=CN=CC1. The van der Waals surface area contributed by atoms with Gasteiger partial charge in [0.2, 0.25) is 5.91 Å². The fourth-order valence-electron chi connectivity index (χ4n) is 0.511. The molecule has 0 aliphatic carbocycles. The fraction of sp³-hybridized carbons (Fsp3) is 0.200. The Bertz CT molecular complexity index is 169. The lowest BCUT2D eigenvalue weighted by Gasteiger charge is -1.86. The Hall–Kier alpha value is -1.12. The Labute approximate surface area is 46.9 Å². The van der Waals surface area contributed by atoms with E-state index in [0.29, 0.717) is 12.0 Å². The summed E-state index contributed by atoms with van der Waals surface area (Å²) in [5, 5.41) is 0. The van der Waals surface area contributed by atoms with Gasteiger partial charge in [-0.05, 0) is 0 Å². The van der Waals surface area contributed by atoms with E-state index < -0.39 is 0 Å². The summed E-state index contributed by atoms with van der Waals surface area (Å²) in [4.78, 5) is 14.0. The topological polar surface area (TPSA) is 55.5 Å². The van der Waals surface area contributed by atoms with Gasteiger partial charge in [-0.2, -0.15) is 0 Å². The molecule has 3 heteroatoms. The maximum atomic E-state index is 10.3. The van der Waals surface area contributed by atoms with Crippen LogP contribution in [-0.2, 0) is 4.79 Å². The van der Waals surface area contributed by atoms with E-state index in [9.17, 15) is 4.79 Å². The highest BCUT2D eigenvalue weighted by molar-refractivity contribution is 5.96. The number of primary amides is 1. The first-order valence-electron chi connectivity index (χ1n) is 2.31. The van der Waals surface area contributed by atoms with Gasteiger partial charge in [-0.15, -0.1) is 0 Å². The average Bonchev–Trinajstić information content (AvgIpc) is 2.12. The van der Waals surface area contributed by atoms with Crippen molar-refractivity contribution in [2.75, 3.05) is 0 Å². The second kappa shape index (κ2) is 1.78. The Morgan fingerprint density at radius 2 is 2.62 bits per heavy atom. The molecule has 0 atom stereocenters. The molecule has 1 aliphatic rings. The Morgan fingerprint density at radius 1 is 1.88 bits per heavy atom. The lowest BCUT2D eigenvalue weighted by atomic mass is 10.2. The summed E-state index contributed by atoms with van der Waals surface area (Å²) >= 11 is 0. The van der Waals surface area contributed by atoms with Crippen LogP contribution >= 0.6 is 0 Å². The molecule has 0 unspecified atom stereocenters. The molecule has 1 amide bonds. The van der Waals surface area contributed by atoms with Crippen LogP contribution in [0.3, 0.4) is 0 Å². The molecule has 2 N–H and O–H groups in total. The van der Waals surface area contributed by atoms with Crippen molar-refractivity contribution in [2.45, 2.75) is 6.42 Å². The number of amides is 1. The lowest BCUT2D eigenvalue weighted by Crippen LogP contribution is -2.12. The van der Waals surface area contributed by atoms with Crippen LogP contribution in [0.15, 0.2) is 16.8 Å². The van der Waals surface area contributed by atoms with Gasteiger partial charge in [0.05, 0.1) is 0 Å². The first kappa shape index (κ1) is 5.03. The fourth-order valence-corrected chi connectivity index (χ4v) is 0.511. The van der Waals surface area contributed by atoms with Crippen molar-refractivity contribution in [3.8, 4) is 0 Å². The van der Waals surface area contributed by atoms with Crippen LogP contribution in [0.1, 0.15) is 6.42 Å². The third-order valence-electron chi connectivity index (χ3n) is 0.963. The van der Waals surface area contributed by atoms with Gasteiger partial charge in [-0.25, -0.2) is 0 Å². The van der Waals surface area contributed by atoms with Crippen LogP contribution < -0.4 is 5.73 Å². The largest absolute Gasteiger partial charge is 0.366 e. The van der Waals surface area contributed by atoms with Crippen LogP contribution in [0, 0.1) is 0 Å². The first-order valence-corrected chi connectivity index (χ1v) is 2.31. The molecule has 8 heavy (non-hydrogen) atoms. The smallest absolute Gasteiger partial charge is 0.246 e. The predicted octanol–water partition coefficient (Wildman–Crippen LogP) is -0.170. The first-order chi connectivity index (χ1) is 3.80. The number of aliphatic imine (C=N–C) groups is 1. The van der Waals surface area contributed by atoms with E-state index in [1.54, 1.807) is 6.21 Å². The molecule has 0 spiro atoms. The second-order valence-electron chi connectivity index (χ2n) is 1.55. The molecule has 1 heterocycles. The molecule has 1 aliphatic heterocycles. The third-order valence-corrected chi connectivity index (χ3v) is 0.963. The van der Waals surface area contributed by atoms with Crippen molar-refractivity contribution in [1.82, 2.24) is 0 Å². The molecule has 0 radical (unpaired) electrons. The number of nitrogens with zero attached hydrogens (tertiary/aromatic N) is 1. The summed E-state index contributed by atoms with van der Waals surface area (Å²) in [6.45, 7) is 0. The van der Waals surface area contributed by atoms with Crippen molar-refractivity contribution in [3.63, 3.8) is 0 Å². The van der Waals surface area contributed by atoms with Gasteiger partial charge in [-0.1, -0.05) is 0 Å². The number of carbonyl (C=O) groups is 1. The van der Waals surface area contributed by atoms with Gasteiger partial charge < -0.3 is 5.73 Å². The van der Waals surface area contributed by atoms with Crippen LogP contribution in [0.25, 0.3) is 0 Å². The predicted molar refractivity (Wildman–Crippen MR) is 30.4 cm³/mol. The van der Waals surface area contributed by atoms with Crippen LogP contribution in [0.2, 0.25) is 0 Å². The van der Waals surface area contributed by atoms with Gasteiger partial charge >= 0.3 is 0 Å². The Morgan fingerprint density at radius 3 is 2.88 bits per heavy atom. The van der Waals surface area contributed by atoms with Crippen molar-refractivity contribution < 1.29 is 4.79 Å². The summed E-state index contributed by atoms with van der Waals surface area (Å²) < 4.78 is 0. The minimum Gasteiger partial charge on any atom is -0.366 e. The van der Waals surface area contributed by atoms with Crippen molar-refractivity contribution >= 4 is 12.1 Å². The minimum absolute atomic E-state index is 0.373. The maximum Gasteiger partial charge on any atom is 0.246 e. The highest BCUT2D eigenvalue weighted by Crippen LogP contribution is 2.03. The van der Waals surface area contributed by atoms with Gasteiger partial charge in [-0.3, -0.25) is 9.79 Å². The Kier molecular flexibility index (Phi) is 1.12. The van der Waals surface area contributed by atoms with E-state index in [1.807, 2.05) is 0 Å². The van der Waals surface area contributed by atoms with E-state index in [0.717, 1.165) is 0 Å². The van der Waals surface area contributed by atoms with Crippen molar-refractivity contribution in [2.24, 2.45) is 10.7 Å². The van der Waals surface area contributed by atoms with Crippen LogP contribution in [0.4, 0.5) is 0 Å². The molecule has 1 rings (SSSR count). The molecule has 0 aromatic carbocycles. The summed E-state index contributed by atoms with van der Waals surface area (Å²) in [5.74, 6) is -0.373. The van der Waals surface area contributed by atoms with E-state index in [2.05, 4.69) is 4.99 Å². The van der Waals surface area contributed by atoms with Crippen molar-refractivity contribution in [3.05, 3.63) is 11.8 Å². The van der Waals surface area contributed by atoms with Gasteiger partial charge in [0, 0.05) is 24.4 Å². The van der Waals surface area contributed by atoms with E-state index in [-0.39, 0.29) is 5.91 Å². The number of carbonyl (C=O) groups excluding carboxylic acids is 1. The zero-order valence-electron chi connectivity index (χ0n) is 4.29. The maximum absolute atomic E-state index is 10.3. The number of hydrogen-bond acceptors (Lipinski definition) is 2. The quantitative estimate of drug-likeness (QED) is 0.500. The lowest BCUT2D eigenvalue weighted by molar-refractivity contribution is -0.114. The zero-order chi connectivity index (χ0) is 5.98. The molecule has 0 fully saturated rings. The summed E-state index contributed by atoms with van der Waals surface area (Å²) in [6, 6.07) is 0. The van der Waals surface area contributed by atoms with Crippen molar-refractivity contribution in [1.29, 1.82) is 0 Å². The highest BCUT2D eigenvalue weighted by atomic mass is 16.1. The van der Waals surface area contributed by atoms with E-state index in [4.69, 9.17) is 5.73 Å². The van der Waals surface area contributed by atoms with E-state index in [1.165, 1.54) is 6.20 Å². The summed E-state index contributed by atoms with van der Waals surface area (Å²) in [5.41, 5.74) is 5.50. The monoisotopic (exact) mass is 110 g/mol. The third kappa shape index (κ3) is 0.753. The molecule has 0 saturated carbocycles. The van der Waals surface area contributed by atoms with Crippen LogP contribution in [-0.4, -0.2) is 12.1 Å². The average molecular weight is 110 g/mol.